The van der Waals surface area contributed by atoms with Gasteiger partial charge >= 0.3 is 0 Å². The van der Waals surface area contributed by atoms with E-state index in [2.05, 4.69) is 25.5 Å². The minimum atomic E-state index is -0.959. The van der Waals surface area contributed by atoms with Crippen LogP contribution in [0.25, 0.3) is 0 Å². The Kier molecular flexibility index (Phi) is 3.75. The van der Waals surface area contributed by atoms with Gasteiger partial charge in [0, 0.05) is 5.41 Å². The third-order valence-electron chi connectivity index (χ3n) is 8.07. The molecule has 0 saturated heterocycles. The zero-order valence-electron chi connectivity index (χ0n) is 14.8. The number of hydrogen-bond donors (Lipinski definition) is 2. The fourth-order valence-electron chi connectivity index (χ4n) is 7.03. The summed E-state index contributed by atoms with van der Waals surface area (Å²) in [4.78, 5) is 0. The molecule has 130 valence electrons. The van der Waals surface area contributed by atoms with Crippen LogP contribution in [0.15, 0.2) is 23.8 Å². The van der Waals surface area contributed by atoms with Crippen LogP contribution < -0.4 is 0 Å². The number of hydrogen-bond acceptors (Lipinski definition) is 2. The molecule has 4 aliphatic carbocycles. The molecule has 2 heteroatoms. The summed E-state index contributed by atoms with van der Waals surface area (Å²) in [5.41, 5.74) is 1.64. The van der Waals surface area contributed by atoms with E-state index in [4.69, 9.17) is 6.42 Å². The van der Waals surface area contributed by atoms with Gasteiger partial charge < -0.3 is 10.2 Å². The molecule has 4 rings (SSSR count). The summed E-state index contributed by atoms with van der Waals surface area (Å²) < 4.78 is 0. The molecule has 0 aromatic rings. The Morgan fingerprint density at radius 2 is 2.12 bits per heavy atom. The van der Waals surface area contributed by atoms with E-state index in [1.54, 1.807) is 0 Å². The normalized spacial score (nSPS) is 50.3. The molecule has 6 unspecified atom stereocenters. The van der Waals surface area contributed by atoms with Gasteiger partial charge in [0.25, 0.3) is 0 Å². The quantitative estimate of drug-likeness (QED) is 0.568. The first-order valence-corrected chi connectivity index (χ1v) is 9.72. The SMILES string of the molecule is C#CC1(O)CCC2C3CCC4=CC(O)CCC4C3C(=C)C[C@@]21CC. The molecule has 0 amide bonds. The molecule has 0 bridgehead atoms. The molecule has 0 aromatic heterocycles. The molecule has 4 aliphatic rings. The summed E-state index contributed by atoms with van der Waals surface area (Å²) in [7, 11) is 0. The predicted octanol–water partition coefficient (Wildman–Crippen LogP) is 3.84. The van der Waals surface area contributed by atoms with E-state index in [0.717, 1.165) is 51.4 Å². The van der Waals surface area contributed by atoms with Gasteiger partial charge in [-0.05, 0) is 75.0 Å². The second-order valence-corrected chi connectivity index (χ2v) is 8.72. The van der Waals surface area contributed by atoms with Crippen molar-refractivity contribution < 1.29 is 10.2 Å². The van der Waals surface area contributed by atoms with Crippen LogP contribution in [-0.2, 0) is 0 Å². The lowest BCUT2D eigenvalue weighted by Gasteiger charge is -2.57. The summed E-state index contributed by atoms with van der Waals surface area (Å²) in [5.74, 6) is 5.00. The number of rotatable bonds is 1. The first-order chi connectivity index (χ1) is 11.5. The summed E-state index contributed by atoms with van der Waals surface area (Å²) >= 11 is 0. The highest BCUT2D eigenvalue weighted by Crippen LogP contribution is 2.67. The van der Waals surface area contributed by atoms with Crippen molar-refractivity contribution in [1.29, 1.82) is 0 Å². The van der Waals surface area contributed by atoms with Gasteiger partial charge in [0.15, 0.2) is 0 Å². The summed E-state index contributed by atoms with van der Waals surface area (Å²) in [6.45, 7) is 6.69. The number of fused-ring (bicyclic) bond motifs is 5. The monoisotopic (exact) mass is 326 g/mol. The maximum Gasteiger partial charge on any atom is 0.131 e. The maximum atomic E-state index is 11.2. The highest BCUT2D eigenvalue weighted by atomic mass is 16.3. The fourth-order valence-corrected chi connectivity index (χ4v) is 7.03. The van der Waals surface area contributed by atoms with E-state index < -0.39 is 5.60 Å². The highest BCUT2D eigenvalue weighted by Gasteiger charge is 2.64. The molecule has 0 spiro atoms. The summed E-state index contributed by atoms with van der Waals surface area (Å²) in [6.07, 6.45) is 15.5. The molecule has 0 aromatic carbocycles. The van der Waals surface area contributed by atoms with E-state index >= 15 is 0 Å². The minimum absolute atomic E-state index is 0.171. The zero-order chi connectivity index (χ0) is 17.1. The first-order valence-electron chi connectivity index (χ1n) is 9.72. The van der Waals surface area contributed by atoms with Crippen LogP contribution in [0, 0.1) is 41.4 Å². The average Bonchev–Trinajstić information content (AvgIpc) is 2.88. The Balaban J connectivity index is 1.73. The lowest BCUT2D eigenvalue weighted by Crippen LogP contribution is -2.54. The molecule has 2 N–H and O–H groups in total. The topological polar surface area (TPSA) is 40.5 Å². The van der Waals surface area contributed by atoms with Crippen molar-refractivity contribution in [2.45, 2.75) is 70.0 Å². The van der Waals surface area contributed by atoms with Gasteiger partial charge in [-0.2, -0.15) is 0 Å². The van der Waals surface area contributed by atoms with Crippen LogP contribution >= 0.6 is 0 Å². The van der Waals surface area contributed by atoms with Crippen molar-refractivity contribution in [3.63, 3.8) is 0 Å². The number of aliphatic hydroxyl groups excluding tert-OH is 1. The molecule has 0 radical (unpaired) electrons. The van der Waals surface area contributed by atoms with Gasteiger partial charge in [0.2, 0.25) is 0 Å². The van der Waals surface area contributed by atoms with Crippen molar-refractivity contribution in [1.82, 2.24) is 0 Å². The molecule has 0 aliphatic heterocycles. The van der Waals surface area contributed by atoms with E-state index in [9.17, 15) is 10.2 Å². The molecular formula is C22H30O2. The van der Waals surface area contributed by atoms with Crippen LogP contribution in [-0.4, -0.2) is 21.9 Å². The second-order valence-electron chi connectivity index (χ2n) is 8.72. The summed E-state index contributed by atoms with van der Waals surface area (Å²) in [5, 5.41) is 21.2. The molecule has 3 fully saturated rings. The van der Waals surface area contributed by atoms with Crippen LogP contribution in [0.5, 0.6) is 0 Å². The van der Waals surface area contributed by atoms with Crippen LogP contribution in [0.2, 0.25) is 0 Å². The van der Waals surface area contributed by atoms with Crippen LogP contribution in [0.3, 0.4) is 0 Å². The number of terminal acetylenes is 1. The summed E-state index contributed by atoms with van der Waals surface area (Å²) in [6, 6.07) is 0. The Morgan fingerprint density at radius 3 is 2.83 bits per heavy atom. The Labute approximate surface area is 146 Å². The standard InChI is InChI=1S/C22H30O2/c1-4-21-13-14(3)20-17-9-7-16(23)12-15(17)6-8-18(20)19(21)10-11-22(21,24)5-2/h2,12,16-20,23-24H,3-4,6-11,13H2,1H3/t16?,17?,18?,19?,20?,21-,22?/m0/s1. The maximum absolute atomic E-state index is 11.2. The van der Waals surface area contributed by atoms with Crippen molar-refractivity contribution in [3.05, 3.63) is 23.8 Å². The smallest absolute Gasteiger partial charge is 0.131 e. The third kappa shape index (κ3) is 1.98. The largest absolute Gasteiger partial charge is 0.389 e. The van der Waals surface area contributed by atoms with Crippen LogP contribution in [0.1, 0.15) is 58.3 Å². The van der Waals surface area contributed by atoms with Gasteiger partial charge in [-0.1, -0.05) is 36.6 Å². The van der Waals surface area contributed by atoms with E-state index in [0.29, 0.717) is 23.7 Å². The predicted molar refractivity (Wildman–Crippen MR) is 96.0 cm³/mol. The average molecular weight is 326 g/mol. The van der Waals surface area contributed by atoms with Crippen molar-refractivity contribution in [3.8, 4) is 12.3 Å². The molecule has 0 heterocycles. The molecule has 2 nitrogen and oxygen atoms in total. The van der Waals surface area contributed by atoms with E-state index in [1.807, 2.05) is 0 Å². The van der Waals surface area contributed by atoms with Gasteiger partial charge in [0.05, 0.1) is 6.10 Å². The zero-order valence-corrected chi connectivity index (χ0v) is 14.8. The van der Waals surface area contributed by atoms with Crippen molar-refractivity contribution in [2.24, 2.45) is 29.1 Å². The van der Waals surface area contributed by atoms with Gasteiger partial charge in [0.1, 0.15) is 5.60 Å². The van der Waals surface area contributed by atoms with Crippen molar-refractivity contribution in [2.75, 3.05) is 0 Å². The fraction of sp³-hybridized carbons (Fsp3) is 0.727. The van der Waals surface area contributed by atoms with Gasteiger partial charge in [-0.15, -0.1) is 6.42 Å². The van der Waals surface area contributed by atoms with E-state index in [1.165, 1.54) is 11.1 Å². The molecular weight excluding hydrogens is 296 g/mol. The Bertz CT molecular complexity index is 626. The first kappa shape index (κ1) is 16.4. The van der Waals surface area contributed by atoms with Gasteiger partial charge in [-0.3, -0.25) is 0 Å². The lowest BCUT2D eigenvalue weighted by molar-refractivity contribution is -0.0794. The highest BCUT2D eigenvalue weighted by molar-refractivity contribution is 5.32. The van der Waals surface area contributed by atoms with Crippen molar-refractivity contribution >= 4 is 0 Å². The number of allylic oxidation sites excluding steroid dienone is 2. The molecule has 3 saturated carbocycles. The number of aliphatic hydroxyl groups is 2. The third-order valence-corrected chi connectivity index (χ3v) is 8.07. The lowest BCUT2D eigenvalue weighted by atomic mass is 9.48. The van der Waals surface area contributed by atoms with Gasteiger partial charge in [-0.25, -0.2) is 0 Å². The molecule has 7 atom stereocenters. The Morgan fingerprint density at radius 1 is 1.33 bits per heavy atom. The molecule has 24 heavy (non-hydrogen) atoms. The second kappa shape index (κ2) is 5.48. The minimum Gasteiger partial charge on any atom is -0.389 e. The van der Waals surface area contributed by atoms with Crippen LogP contribution in [0.4, 0.5) is 0 Å². The van der Waals surface area contributed by atoms with E-state index in [-0.39, 0.29) is 11.5 Å². The Hall–Kier alpha value is -1.04.